The minimum atomic E-state index is -0.0179. The van der Waals surface area contributed by atoms with Crippen molar-refractivity contribution in [2.75, 3.05) is 12.4 Å². The average molecular weight is 515 g/mol. The topological polar surface area (TPSA) is 88.8 Å². The number of hydrogen-bond acceptors (Lipinski definition) is 7. The van der Waals surface area contributed by atoms with Crippen LogP contribution in [-0.2, 0) is 11.4 Å². The van der Waals surface area contributed by atoms with Gasteiger partial charge in [0.25, 0.3) is 0 Å². The summed E-state index contributed by atoms with van der Waals surface area (Å²) < 4.78 is 11.4. The third-order valence-electron chi connectivity index (χ3n) is 5.55. The number of fused-ring (bicyclic) bond motifs is 1. The lowest BCUT2D eigenvalue weighted by Crippen LogP contribution is -2.07. The fourth-order valence-corrected chi connectivity index (χ4v) is 3.83. The Hall–Kier alpha value is -4.28. The van der Waals surface area contributed by atoms with Gasteiger partial charge in [-0.05, 0) is 62.2 Å². The minimum absolute atomic E-state index is 0.0179. The maximum atomic E-state index is 9.73. The fraction of sp³-hybridized carbons (Fsp3) is 0.207. The van der Waals surface area contributed by atoms with Gasteiger partial charge in [0.2, 0.25) is 0 Å². The quantitative estimate of drug-likeness (QED) is 0.187. The van der Waals surface area contributed by atoms with Crippen LogP contribution in [0.4, 0.5) is 11.4 Å². The number of halogens is 1. The van der Waals surface area contributed by atoms with Crippen LogP contribution in [0.5, 0.6) is 11.5 Å². The molecular formula is C29H27ClN4O3. The van der Waals surface area contributed by atoms with Crippen LogP contribution in [0.15, 0.2) is 72.0 Å². The zero-order chi connectivity index (χ0) is 26.4. The predicted octanol–water partition coefficient (Wildman–Crippen LogP) is 7.24. The molecule has 0 spiro atoms. The van der Waals surface area contributed by atoms with Crippen molar-refractivity contribution < 1.29 is 14.3 Å². The third-order valence-corrected chi connectivity index (χ3v) is 5.81. The molecule has 3 aromatic carbocycles. The molecule has 1 N–H and O–H groups in total. The van der Waals surface area contributed by atoms with Crippen LogP contribution in [0.2, 0.25) is 5.02 Å². The molecule has 188 valence electrons. The van der Waals surface area contributed by atoms with E-state index < -0.39 is 0 Å². The predicted molar refractivity (Wildman–Crippen MR) is 147 cm³/mol. The van der Waals surface area contributed by atoms with E-state index in [0.29, 0.717) is 39.9 Å². The van der Waals surface area contributed by atoms with Crippen LogP contribution in [0, 0.1) is 11.3 Å². The molecule has 0 saturated heterocycles. The van der Waals surface area contributed by atoms with Crippen molar-refractivity contribution in [2.24, 2.45) is 5.16 Å². The first-order valence-corrected chi connectivity index (χ1v) is 12.1. The number of nitriles is 1. The molecule has 4 rings (SSSR count). The normalized spacial score (nSPS) is 11.3. The highest BCUT2D eigenvalue weighted by Crippen LogP contribution is 2.37. The Balaban J connectivity index is 1.55. The number of anilines is 2. The smallest absolute Gasteiger partial charge is 0.163 e. The number of rotatable bonds is 9. The van der Waals surface area contributed by atoms with Gasteiger partial charge in [0, 0.05) is 28.4 Å². The van der Waals surface area contributed by atoms with Gasteiger partial charge in [-0.2, -0.15) is 5.26 Å². The van der Waals surface area contributed by atoms with Gasteiger partial charge in [-0.15, -0.1) is 0 Å². The second kappa shape index (κ2) is 11.6. The molecule has 1 aromatic heterocycles. The number of benzene rings is 3. The van der Waals surface area contributed by atoms with E-state index >= 15 is 0 Å². The van der Waals surface area contributed by atoms with Crippen LogP contribution in [0.3, 0.4) is 0 Å². The summed E-state index contributed by atoms with van der Waals surface area (Å²) in [5.74, 6) is 1.17. The molecule has 0 saturated carbocycles. The second-order valence-corrected chi connectivity index (χ2v) is 9.06. The molecule has 4 aromatic rings. The summed E-state index contributed by atoms with van der Waals surface area (Å²) in [5, 5.41) is 18.8. The van der Waals surface area contributed by atoms with Crippen LogP contribution in [-0.4, -0.2) is 23.9 Å². The van der Waals surface area contributed by atoms with Gasteiger partial charge in [-0.25, -0.2) is 0 Å². The number of hydrogen-bond donors (Lipinski definition) is 1. The standard InChI is InChI=1S/C29H27ClN4O3/c1-18(2)37-28-14-26-25(13-27(28)35-4)29(22(15-31)16-32-26)33-24-11-7-21(8-12-24)19(3)34-36-17-20-5-9-23(30)10-6-20/h5-14,16,18H,17H2,1-4H3,(H,32,33). The highest BCUT2D eigenvalue weighted by molar-refractivity contribution is 6.30. The molecule has 8 heteroatoms. The van der Waals surface area contributed by atoms with Crippen LogP contribution >= 0.6 is 11.6 Å². The molecule has 0 atom stereocenters. The van der Waals surface area contributed by atoms with E-state index in [1.807, 2.05) is 81.4 Å². The Morgan fingerprint density at radius 2 is 1.81 bits per heavy atom. The second-order valence-electron chi connectivity index (χ2n) is 8.62. The van der Waals surface area contributed by atoms with Gasteiger partial charge < -0.3 is 19.6 Å². The molecule has 0 aliphatic carbocycles. The lowest BCUT2D eigenvalue weighted by Gasteiger charge is -2.17. The van der Waals surface area contributed by atoms with Crippen molar-refractivity contribution >= 4 is 39.6 Å². The van der Waals surface area contributed by atoms with Gasteiger partial charge in [0.1, 0.15) is 12.7 Å². The van der Waals surface area contributed by atoms with E-state index in [1.165, 1.54) is 0 Å². The van der Waals surface area contributed by atoms with Gasteiger partial charge >= 0.3 is 0 Å². The molecule has 7 nitrogen and oxygen atoms in total. The maximum Gasteiger partial charge on any atom is 0.163 e. The molecule has 1 heterocycles. The van der Waals surface area contributed by atoms with Crippen LogP contribution in [0.25, 0.3) is 10.9 Å². The Morgan fingerprint density at radius 1 is 1.08 bits per heavy atom. The summed E-state index contributed by atoms with van der Waals surface area (Å²) in [6.07, 6.45) is 1.54. The molecule has 37 heavy (non-hydrogen) atoms. The molecular weight excluding hydrogens is 488 g/mol. The summed E-state index contributed by atoms with van der Waals surface area (Å²) in [4.78, 5) is 9.96. The minimum Gasteiger partial charge on any atom is -0.493 e. The van der Waals surface area contributed by atoms with E-state index in [0.717, 1.165) is 27.9 Å². The van der Waals surface area contributed by atoms with Crippen molar-refractivity contribution in [3.63, 3.8) is 0 Å². The monoisotopic (exact) mass is 514 g/mol. The SMILES string of the molecule is COc1cc2c(Nc3ccc(C(C)=NOCc4ccc(Cl)cc4)cc3)c(C#N)cnc2cc1OC(C)C. The molecule has 0 amide bonds. The summed E-state index contributed by atoms with van der Waals surface area (Å²) in [5.41, 5.74) is 5.21. The average Bonchev–Trinajstić information content (AvgIpc) is 2.89. The first-order valence-electron chi connectivity index (χ1n) is 11.7. The Kier molecular flexibility index (Phi) is 8.11. The third kappa shape index (κ3) is 6.29. The number of pyridine rings is 1. The van der Waals surface area contributed by atoms with Crippen molar-refractivity contribution in [3.05, 3.63) is 88.6 Å². The van der Waals surface area contributed by atoms with Gasteiger partial charge in [-0.1, -0.05) is 41.0 Å². The number of nitrogens with zero attached hydrogens (tertiary/aromatic N) is 3. The number of methoxy groups -OCH3 is 1. The molecule has 0 aliphatic heterocycles. The first-order chi connectivity index (χ1) is 17.9. The van der Waals surface area contributed by atoms with Crippen LogP contribution in [0.1, 0.15) is 37.5 Å². The lowest BCUT2D eigenvalue weighted by atomic mass is 10.1. The van der Waals surface area contributed by atoms with E-state index in [9.17, 15) is 5.26 Å². The number of oxime groups is 1. The number of ether oxygens (including phenoxy) is 2. The van der Waals surface area contributed by atoms with E-state index in [4.69, 9.17) is 25.9 Å². The first kappa shape index (κ1) is 25.8. The van der Waals surface area contributed by atoms with Gasteiger partial charge in [0.05, 0.1) is 35.7 Å². The van der Waals surface area contributed by atoms with Crippen molar-refractivity contribution in [2.45, 2.75) is 33.5 Å². The Bertz CT molecular complexity index is 1460. The zero-order valence-electron chi connectivity index (χ0n) is 21.1. The Labute approximate surface area is 221 Å². The van der Waals surface area contributed by atoms with Crippen molar-refractivity contribution in [1.29, 1.82) is 5.26 Å². The summed E-state index contributed by atoms with van der Waals surface area (Å²) in [6, 6.07) is 21.1. The summed E-state index contributed by atoms with van der Waals surface area (Å²) in [7, 11) is 1.59. The fourth-order valence-electron chi connectivity index (χ4n) is 3.70. The highest BCUT2D eigenvalue weighted by atomic mass is 35.5. The lowest BCUT2D eigenvalue weighted by molar-refractivity contribution is 0.130. The largest absolute Gasteiger partial charge is 0.493 e. The number of nitrogens with one attached hydrogen (secondary N) is 1. The summed E-state index contributed by atoms with van der Waals surface area (Å²) in [6.45, 7) is 6.14. The van der Waals surface area contributed by atoms with Crippen LogP contribution < -0.4 is 14.8 Å². The van der Waals surface area contributed by atoms with Gasteiger partial charge in [0.15, 0.2) is 11.5 Å². The molecule has 0 aliphatic rings. The zero-order valence-corrected chi connectivity index (χ0v) is 21.8. The van der Waals surface area contributed by atoms with E-state index in [-0.39, 0.29) is 6.10 Å². The van der Waals surface area contributed by atoms with Gasteiger partial charge in [-0.3, -0.25) is 4.98 Å². The molecule has 0 unspecified atom stereocenters. The Morgan fingerprint density at radius 3 is 2.46 bits per heavy atom. The van der Waals surface area contributed by atoms with Crippen molar-refractivity contribution in [3.8, 4) is 17.6 Å². The van der Waals surface area contributed by atoms with E-state index in [1.54, 1.807) is 13.3 Å². The maximum absolute atomic E-state index is 9.73. The van der Waals surface area contributed by atoms with E-state index in [2.05, 4.69) is 21.5 Å². The molecule has 0 radical (unpaired) electrons. The number of aromatic nitrogens is 1. The molecule has 0 fully saturated rings. The summed E-state index contributed by atoms with van der Waals surface area (Å²) >= 11 is 5.92. The highest BCUT2D eigenvalue weighted by Gasteiger charge is 2.15. The van der Waals surface area contributed by atoms with Crippen molar-refractivity contribution in [1.82, 2.24) is 4.98 Å². The molecule has 0 bridgehead atoms.